The predicted molar refractivity (Wildman–Crippen MR) is 53.2 cm³/mol. The number of imide groups is 1. The lowest BCUT2D eigenvalue weighted by Gasteiger charge is -2.11. The maximum Gasteiger partial charge on any atom is 0.343 e. The van der Waals surface area contributed by atoms with Crippen LogP contribution in [0.2, 0.25) is 0 Å². The molecule has 0 unspecified atom stereocenters. The van der Waals surface area contributed by atoms with E-state index in [0.717, 1.165) is 0 Å². The van der Waals surface area contributed by atoms with Crippen LogP contribution in [0.1, 0.15) is 12.8 Å². The zero-order valence-electron chi connectivity index (χ0n) is 7.52. The molecule has 7 heteroatoms. The summed E-state index contributed by atoms with van der Waals surface area (Å²) in [6, 6.07) is 0. The van der Waals surface area contributed by atoms with E-state index in [9.17, 15) is 14.4 Å². The molecule has 0 aliphatic carbocycles. The van der Waals surface area contributed by atoms with E-state index in [-0.39, 0.29) is 18.6 Å². The second kappa shape index (κ2) is 5.26. The topological polar surface area (TPSA) is 63.7 Å². The van der Waals surface area contributed by atoms with E-state index in [1.165, 1.54) is 21.6 Å². The van der Waals surface area contributed by atoms with E-state index in [2.05, 4.69) is 4.84 Å². The molecule has 1 heterocycles. The standard InChI is InChI=1S/C7H9NO4S2/c1-13-14-4-7(11)12-8-5(9)2-3-6(8)10/h2-4H2,1H3. The van der Waals surface area contributed by atoms with E-state index in [1.54, 1.807) is 0 Å². The molecular formula is C7H9NO4S2. The number of nitrogens with zero attached hydrogens (tertiary/aromatic N) is 1. The van der Waals surface area contributed by atoms with E-state index in [1.807, 2.05) is 6.26 Å². The van der Waals surface area contributed by atoms with Gasteiger partial charge < -0.3 is 4.84 Å². The fraction of sp³-hybridized carbons (Fsp3) is 0.571. The Morgan fingerprint density at radius 3 is 2.50 bits per heavy atom. The molecule has 78 valence electrons. The van der Waals surface area contributed by atoms with Crippen molar-refractivity contribution in [1.82, 2.24) is 5.06 Å². The molecule has 1 aliphatic heterocycles. The lowest BCUT2D eigenvalue weighted by atomic mass is 10.4. The van der Waals surface area contributed by atoms with Crippen molar-refractivity contribution in [3.8, 4) is 0 Å². The summed E-state index contributed by atoms with van der Waals surface area (Å²) in [5.74, 6) is -1.35. The van der Waals surface area contributed by atoms with Gasteiger partial charge in [-0.05, 0) is 6.26 Å². The first-order chi connectivity index (χ1) is 6.65. The van der Waals surface area contributed by atoms with Crippen LogP contribution in [-0.2, 0) is 19.2 Å². The highest BCUT2D eigenvalue weighted by molar-refractivity contribution is 8.76. The summed E-state index contributed by atoms with van der Waals surface area (Å²) < 4.78 is 0. The molecule has 1 fully saturated rings. The molecule has 1 aliphatic rings. The lowest BCUT2D eigenvalue weighted by Crippen LogP contribution is -2.32. The van der Waals surface area contributed by atoms with Gasteiger partial charge >= 0.3 is 5.97 Å². The van der Waals surface area contributed by atoms with Crippen LogP contribution in [0.3, 0.4) is 0 Å². The number of amides is 2. The molecule has 0 N–H and O–H groups in total. The van der Waals surface area contributed by atoms with Crippen molar-refractivity contribution in [3.63, 3.8) is 0 Å². The maximum absolute atomic E-state index is 11.0. The number of hydroxylamine groups is 2. The Hall–Kier alpha value is -0.690. The number of hydrogen-bond donors (Lipinski definition) is 0. The van der Waals surface area contributed by atoms with Crippen molar-refractivity contribution in [1.29, 1.82) is 0 Å². The van der Waals surface area contributed by atoms with Crippen molar-refractivity contribution in [3.05, 3.63) is 0 Å². The van der Waals surface area contributed by atoms with E-state index in [0.29, 0.717) is 5.06 Å². The first-order valence-electron chi connectivity index (χ1n) is 3.87. The average molecular weight is 235 g/mol. The van der Waals surface area contributed by atoms with Gasteiger partial charge in [0.05, 0.1) is 0 Å². The summed E-state index contributed by atoms with van der Waals surface area (Å²) in [7, 11) is 2.71. The smallest absolute Gasteiger partial charge is 0.329 e. The Morgan fingerprint density at radius 1 is 1.43 bits per heavy atom. The van der Waals surface area contributed by atoms with Gasteiger partial charge in [0.15, 0.2) is 0 Å². The third-order valence-electron chi connectivity index (χ3n) is 1.49. The average Bonchev–Trinajstić information content (AvgIpc) is 2.46. The van der Waals surface area contributed by atoms with Crippen LogP contribution < -0.4 is 0 Å². The molecule has 0 radical (unpaired) electrons. The molecule has 0 spiro atoms. The largest absolute Gasteiger partial charge is 0.343 e. The fourth-order valence-electron chi connectivity index (χ4n) is 0.893. The van der Waals surface area contributed by atoms with Gasteiger partial charge in [-0.25, -0.2) is 4.79 Å². The SMILES string of the molecule is CSSCC(=O)ON1C(=O)CCC1=O. The molecule has 0 atom stereocenters. The van der Waals surface area contributed by atoms with E-state index in [4.69, 9.17) is 0 Å². The highest BCUT2D eigenvalue weighted by atomic mass is 33.1. The minimum atomic E-state index is -0.576. The second-order valence-corrected chi connectivity index (χ2v) is 5.04. The quantitative estimate of drug-likeness (QED) is 0.525. The summed E-state index contributed by atoms with van der Waals surface area (Å²) >= 11 is 0. The van der Waals surface area contributed by atoms with Crippen molar-refractivity contribution in [2.24, 2.45) is 0 Å². The first-order valence-corrected chi connectivity index (χ1v) is 6.60. The Balaban J connectivity index is 2.39. The maximum atomic E-state index is 11.0. The Labute approximate surface area is 88.9 Å². The van der Waals surface area contributed by atoms with Crippen LogP contribution in [0.5, 0.6) is 0 Å². The van der Waals surface area contributed by atoms with Gasteiger partial charge in [0.25, 0.3) is 11.8 Å². The van der Waals surface area contributed by atoms with Crippen LogP contribution in [-0.4, -0.2) is 34.9 Å². The van der Waals surface area contributed by atoms with Crippen molar-refractivity contribution in [2.45, 2.75) is 12.8 Å². The Kier molecular flexibility index (Phi) is 4.27. The van der Waals surface area contributed by atoms with E-state index >= 15 is 0 Å². The van der Waals surface area contributed by atoms with Crippen molar-refractivity contribution in [2.75, 3.05) is 12.0 Å². The van der Waals surface area contributed by atoms with Crippen molar-refractivity contribution < 1.29 is 19.2 Å². The molecular weight excluding hydrogens is 226 g/mol. The highest BCUT2D eigenvalue weighted by Crippen LogP contribution is 2.18. The molecule has 1 rings (SSSR count). The van der Waals surface area contributed by atoms with Gasteiger partial charge in [0, 0.05) is 12.8 Å². The number of rotatable bonds is 4. The normalized spacial score (nSPS) is 16.2. The molecule has 1 saturated heterocycles. The van der Waals surface area contributed by atoms with Crippen LogP contribution in [0.4, 0.5) is 0 Å². The summed E-state index contributed by atoms with van der Waals surface area (Å²) in [5.41, 5.74) is 0. The van der Waals surface area contributed by atoms with Gasteiger partial charge in [-0.15, -0.1) is 5.06 Å². The first kappa shape index (κ1) is 11.4. The number of carbonyl (C=O) groups excluding carboxylic acids is 3. The monoisotopic (exact) mass is 235 g/mol. The molecule has 0 aromatic rings. The van der Waals surface area contributed by atoms with Gasteiger partial charge in [-0.1, -0.05) is 21.6 Å². The predicted octanol–water partition coefficient (Wildman–Crippen LogP) is 0.605. The number of carbonyl (C=O) groups is 3. The van der Waals surface area contributed by atoms with Gasteiger partial charge in [-0.3, -0.25) is 9.59 Å². The minimum absolute atomic E-state index is 0.123. The molecule has 0 aromatic carbocycles. The second-order valence-electron chi connectivity index (χ2n) is 2.47. The molecule has 14 heavy (non-hydrogen) atoms. The summed E-state index contributed by atoms with van der Waals surface area (Å²) in [6.45, 7) is 0. The number of hydrogen-bond acceptors (Lipinski definition) is 6. The molecule has 0 bridgehead atoms. The third kappa shape index (κ3) is 2.91. The van der Waals surface area contributed by atoms with Crippen LogP contribution in [0, 0.1) is 0 Å². The fourth-order valence-corrected chi connectivity index (χ4v) is 1.80. The zero-order valence-corrected chi connectivity index (χ0v) is 9.15. The van der Waals surface area contributed by atoms with Gasteiger partial charge in [-0.2, -0.15) is 0 Å². The summed E-state index contributed by atoms with van der Waals surface area (Å²) in [6.07, 6.45) is 2.08. The summed E-state index contributed by atoms with van der Waals surface area (Å²) in [5, 5.41) is 0.559. The van der Waals surface area contributed by atoms with Crippen molar-refractivity contribution >= 4 is 39.4 Å². The molecule has 0 aromatic heterocycles. The molecule has 5 nitrogen and oxygen atoms in total. The molecule has 2 amide bonds. The third-order valence-corrected chi connectivity index (χ3v) is 3.14. The zero-order chi connectivity index (χ0) is 10.6. The van der Waals surface area contributed by atoms with Gasteiger partial charge in [0.1, 0.15) is 5.75 Å². The van der Waals surface area contributed by atoms with E-state index < -0.39 is 17.8 Å². The molecule has 0 saturated carbocycles. The minimum Gasteiger partial charge on any atom is -0.329 e. The van der Waals surface area contributed by atoms with Crippen LogP contribution in [0.15, 0.2) is 0 Å². The summed E-state index contributed by atoms with van der Waals surface area (Å²) in [4.78, 5) is 37.7. The lowest BCUT2D eigenvalue weighted by molar-refractivity contribution is -0.195. The Morgan fingerprint density at radius 2 is 2.00 bits per heavy atom. The Bertz CT molecular complexity index is 252. The van der Waals surface area contributed by atoms with Crippen LogP contribution >= 0.6 is 21.6 Å². The highest BCUT2D eigenvalue weighted by Gasteiger charge is 2.32. The van der Waals surface area contributed by atoms with Crippen LogP contribution in [0.25, 0.3) is 0 Å². The van der Waals surface area contributed by atoms with Gasteiger partial charge in [0.2, 0.25) is 0 Å².